The van der Waals surface area contributed by atoms with Gasteiger partial charge in [-0.05, 0) is 65.3 Å². The maximum Gasteiger partial charge on any atom is 0.418 e. The third-order valence-electron chi connectivity index (χ3n) is 8.48. The molecule has 0 saturated carbocycles. The zero-order valence-corrected chi connectivity index (χ0v) is 24.5. The van der Waals surface area contributed by atoms with Crippen molar-refractivity contribution in [3.05, 3.63) is 101 Å². The average Bonchev–Trinajstić information content (AvgIpc) is 3.04. The largest absolute Gasteiger partial charge is 0.445 e. The zero-order valence-electron chi connectivity index (χ0n) is 24.5. The van der Waals surface area contributed by atoms with E-state index in [1.807, 2.05) is 48.5 Å². The van der Waals surface area contributed by atoms with Gasteiger partial charge >= 0.3 is 12.3 Å². The summed E-state index contributed by atoms with van der Waals surface area (Å²) in [5, 5.41) is 5.06. The van der Waals surface area contributed by atoms with Gasteiger partial charge in [-0.2, -0.15) is 13.2 Å². The summed E-state index contributed by atoms with van der Waals surface area (Å²) in [6.07, 6.45) is -1.36. The number of nitrogens with one attached hydrogen (secondary N) is 2. The van der Waals surface area contributed by atoms with Gasteiger partial charge < -0.3 is 19.9 Å². The molecule has 1 atom stereocenters. The second-order valence-corrected chi connectivity index (χ2v) is 11.5. The summed E-state index contributed by atoms with van der Waals surface area (Å²) in [4.78, 5) is 39.6. The predicted molar refractivity (Wildman–Crippen MR) is 163 cm³/mol. The van der Waals surface area contributed by atoms with Crippen LogP contribution in [0.5, 0.6) is 0 Å². The first-order chi connectivity index (χ1) is 21.6. The number of anilines is 2. The quantitative estimate of drug-likeness (QED) is 0.334. The summed E-state index contributed by atoms with van der Waals surface area (Å²) >= 11 is 0. The van der Waals surface area contributed by atoms with Gasteiger partial charge in [0.05, 0.1) is 5.56 Å². The zero-order chi connectivity index (χ0) is 31.6. The summed E-state index contributed by atoms with van der Waals surface area (Å²) in [6, 6.07) is 18.9. The molecule has 0 aromatic heterocycles. The molecule has 3 amide bonds. The fourth-order valence-electron chi connectivity index (χ4n) is 6.03. The number of fused-ring (bicyclic) bond motifs is 1. The number of carbonyl (C=O) groups is 3. The van der Waals surface area contributed by atoms with Gasteiger partial charge in [-0.15, -0.1) is 0 Å². The topological polar surface area (TPSA) is 91.0 Å². The Bertz CT molecular complexity index is 1640. The van der Waals surface area contributed by atoms with Crippen LogP contribution >= 0.6 is 0 Å². The maximum absolute atomic E-state index is 14.2. The van der Waals surface area contributed by atoms with Crippen molar-refractivity contribution < 1.29 is 32.3 Å². The minimum atomic E-state index is -4.60. The third-order valence-corrected chi connectivity index (χ3v) is 8.48. The lowest BCUT2D eigenvalue weighted by Crippen LogP contribution is -2.47. The lowest BCUT2D eigenvalue weighted by atomic mass is 9.92. The minimum Gasteiger partial charge on any atom is -0.445 e. The van der Waals surface area contributed by atoms with E-state index in [9.17, 15) is 27.6 Å². The number of alkyl halides is 3. The van der Waals surface area contributed by atoms with Crippen molar-refractivity contribution in [3.63, 3.8) is 0 Å². The Morgan fingerprint density at radius 3 is 2.51 bits per heavy atom. The van der Waals surface area contributed by atoms with Crippen LogP contribution in [0.25, 0.3) is 5.57 Å². The van der Waals surface area contributed by atoms with E-state index in [1.165, 1.54) is 12.1 Å². The lowest BCUT2D eigenvalue weighted by Gasteiger charge is -2.32. The Hall–Kier alpha value is -4.80. The van der Waals surface area contributed by atoms with E-state index in [0.717, 1.165) is 33.9 Å². The fraction of sp³-hybridized carbons (Fsp3) is 0.324. The van der Waals surface area contributed by atoms with Crippen molar-refractivity contribution in [2.45, 2.75) is 51.1 Å². The van der Waals surface area contributed by atoms with Crippen LogP contribution in [-0.4, -0.2) is 48.5 Å². The Labute approximate surface area is 258 Å². The van der Waals surface area contributed by atoms with E-state index in [0.29, 0.717) is 39.0 Å². The lowest BCUT2D eigenvalue weighted by molar-refractivity contribution is -0.137. The van der Waals surface area contributed by atoms with E-state index < -0.39 is 23.7 Å². The molecule has 3 aliphatic heterocycles. The van der Waals surface area contributed by atoms with Crippen LogP contribution in [0.1, 0.15) is 47.1 Å². The van der Waals surface area contributed by atoms with Crippen molar-refractivity contribution in [2.75, 3.05) is 29.9 Å². The number of hydrogen-bond donors (Lipinski definition) is 2. The number of piperidine rings is 1. The van der Waals surface area contributed by atoms with Gasteiger partial charge in [-0.25, -0.2) is 4.79 Å². The van der Waals surface area contributed by atoms with Crippen LogP contribution in [0.4, 0.5) is 29.3 Å². The minimum absolute atomic E-state index is 0.0799. The summed E-state index contributed by atoms with van der Waals surface area (Å²) in [5.41, 5.74) is 4.72. The molecule has 0 spiro atoms. The van der Waals surface area contributed by atoms with Gasteiger partial charge in [0.15, 0.2) is 0 Å². The molecule has 234 valence electrons. The van der Waals surface area contributed by atoms with E-state index in [-0.39, 0.29) is 42.8 Å². The molecule has 1 saturated heterocycles. The molecule has 11 heteroatoms. The van der Waals surface area contributed by atoms with E-state index in [4.69, 9.17) is 4.74 Å². The highest BCUT2D eigenvalue weighted by Crippen LogP contribution is 2.40. The normalized spacial score (nSPS) is 18.6. The van der Waals surface area contributed by atoms with Crippen LogP contribution < -0.4 is 15.5 Å². The van der Waals surface area contributed by atoms with Gasteiger partial charge in [-0.1, -0.05) is 54.6 Å². The summed E-state index contributed by atoms with van der Waals surface area (Å²) in [5.74, 6) is -0.931. The Kier molecular flexibility index (Phi) is 8.51. The highest BCUT2D eigenvalue weighted by Gasteiger charge is 2.36. The number of nitrogens with zero attached hydrogens (tertiary/aromatic N) is 2. The van der Waals surface area contributed by atoms with Crippen LogP contribution in [-0.2, 0) is 40.1 Å². The van der Waals surface area contributed by atoms with Crippen LogP contribution in [0.3, 0.4) is 0 Å². The Morgan fingerprint density at radius 2 is 1.78 bits per heavy atom. The maximum atomic E-state index is 14.2. The second kappa shape index (κ2) is 12.7. The molecule has 0 bridgehead atoms. The van der Waals surface area contributed by atoms with Gasteiger partial charge in [0.2, 0.25) is 11.8 Å². The molecule has 2 N–H and O–H groups in total. The molecule has 0 aliphatic carbocycles. The summed E-state index contributed by atoms with van der Waals surface area (Å²) in [7, 11) is 0. The molecular weight excluding hydrogens is 585 g/mol. The standard InChI is InChI=1S/C34H33F3N4O4/c35-34(36,37)28-19-27(38-29-9-11-31(42)39-32(29)43)8-10-30(28)40-15-12-23(13-16-40)24-6-7-26-20-41(17-14-25(26)18-24)33(44)45-21-22-4-2-1-3-5-22/h1-8,10,12,18-19,29,38H,9,11,13-17,20-21H2,(H,39,42,43). The van der Waals surface area contributed by atoms with Gasteiger partial charge in [0, 0.05) is 44.0 Å². The number of ether oxygens (including phenoxy) is 1. The second-order valence-electron chi connectivity index (χ2n) is 11.5. The predicted octanol–water partition coefficient (Wildman–Crippen LogP) is 5.91. The SMILES string of the molecule is O=C1CCC(Nc2ccc(N3CC=C(c4ccc5c(c4)CCN(C(=O)OCc4ccccc4)C5)CC3)c(C(F)(F)F)c2)C(=O)N1. The van der Waals surface area contributed by atoms with E-state index in [2.05, 4.69) is 16.7 Å². The summed E-state index contributed by atoms with van der Waals surface area (Å²) in [6.45, 7) is 1.96. The van der Waals surface area contributed by atoms with Crippen molar-refractivity contribution in [3.8, 4) is 0 Å². The monoisotopic (exact) mass is 618 g/mol. The highest BCUT2D eigenvalue weighted by atomic mass is 19.4. The fourth-order valence-corrected chi connectivity index (χ4v) is 6.03. The molecule has 3 aromatic rings. The highest BCUT2D eigenvalue weighted by molar-refractivity contribution is 6.01. The molecule has 8 nitrogen and oxygen atoms in total. The number of benzene rings is 3. The number of carbonyl (C=O) groups excluding carboxylic acids is 3. The number of imide groups is 1. The average molecular weight is 619 g/mol. The van der Waals surface area contributed by atoms with Crippen molar-refractivity contribution in [1.29, 1.82) is 0 Å². The van der Waals surface area contributed by atoms with Gasteiger partial charge in [-0.3, -0.25) is 14.9 Å². The first-order valence-corrected chi connectivity index (χ1v) is 15.0. The molecule has 1 fully saturated rings. The molecule has 3 heterocycles. The number of halogens is 3. The number of amides is 3. The Morgan fingerprint density at radius 1 is 0.956 bits per heavy atom. The van der Waals surface area contributed by atoms with Crippen LogP contribution in [0.15, 0.2) is 72.8 Å². The first kappa shape index (κ1) is 30.2. The van der Waals surface area contributed by atoms with Crippen molar-refractivity contribution in [1.82, 2.24) is 10.2 Å². The van der Waals surface area contributed by atoms with Crippen molar-refractivity contribution >= 4 is 34.9 Å². The number of rotatable bonds is 6. The molecular formula is C34H33F3N4O4. The Balaban J connectivity index is 1.10. The van der Waals surface area contributed by atoms with Gasteiger partial charge in [0.25, 0.3) is 0 Å². The summed E-state index contributed by atoms with van der Waals surface area (Å²) < 4.78 is 48.0. The molecule has 3 aliphatic rings. The van der Waals surface area contributed by atoms with Crippen LogP contribution in [0.2, 0.25) is 0 Å². The number of hydrogen-bond acceptors (Lipinski definition) is 6. The van der Waals surface area contributed by atoms with Crippen LogP contribution in [0, 0.1) is 0 Å². The molecule has 1 unspecified atom stereocenters. The smallest absolute Gasteiger partial charge is 0.418 e. The van der Waals surface area contributed by atoms with Gasteiger partial charge in [0.1, 0.15) is 12.6 Å². The molecule has 3 aromatic carbocycles. The molecule has 0 radical (unpaired) electrons. The van der Waals surface area contributed by atoms with E-state index in [1.54, 1.807) is 9.80 Å². The van der Waals surface area contributed by atoms with Crippen molar-refractivity contribution in [2.24, 2.45) is 0 Å². The van der Waals surface area contributed by atoms with E-state index >= 15 is 0 Å². The molecule has 45 heavy (non-hydrogen) atoms. The third kappa shape index (κ3) is 6.97. The molecule has 6 rings (SSSR count). The first-order valence-electron chi connectivity index (χ1n) is 15.0.